The third kappa shape index (κ3) is 3.93. The highest BCUT2D eigenvalue weighted by atomic mass is 16.5. The lowest BCUT2D eigenvalue weighted by molar-refractivity contribution is 0.0951. The highest BCUT2D eigenvalue weighted by Crippen LogP contribution is 2.07. The van der Waals surface area contributed by atoms with Crippen LogP contribution in [0.1, 0.15) is 27.0 Å². The lowest BCUT2D eigenvalue weighted by atomic mass is 10.1. The molecule has 0 aliphatic rings. The Morgan fingerprint density at radius 1 is 1.10 bits per heavy atom. The topological polar surface area (TPSA) is 38.3 Å². The SMILES string of the molecule is COCc1ccc(CNC(=O)c2cccc(C)c2)cc1. The van der Waals surface area contributed by atoms with Crippen molar-refractivity contribution in [2.45, 2.75) is 20.1 Å². The van der Waals surface area contributed by atoms with E-state index in [0.717, 1.165) is 16.7 Å². The summed E-state index contributed by atoms with van der Waals surface area (Å²) in [5.74, 6) is -0.0466. The van der Waals surface area contributed by atoms with Crippen molar-refractivity contribution in [1.29, 1.82) is 0 Å². The van der Waals surface area contributed by atoms with Crippen molar-refractivity contribution in [1.82, 2.24) is 5.32 Å². The normalized spacial score (nSPS) is 10.3. The number of aryl methyl sites for hydroxylation is 1. The Bertz CT molecular complexity index is 576. The predicted octanol–water partition coefficient (Wildman–Crippen LogP) is 3.07. The van der Waals surface area contributed by atoms with E-state index in [1.807, 2.05) is 55.5 Å². The zero-order valence-electron chi connectivity index (χ0n) is 11.8. The molecular weight excluding hydrogens is 250 g/mol. The van der Waals surface area contributed by atoms with Crippen LogP contribution in [0.5, 0.6) is 0 Å². The average Bonchev–Trinajstić information content (AvgIpc) is 2.46. The van der Waals surface area contributed by atoms with Gasteiger partial charge in [0.25, 0.3) is 5.91 Å². The first-order chi connectivity index (χ1) is 9.69. The number of ether oxygens (including phenoxy) is 1. The van der Waals surface area contributed by atoms with E-state index < -0.39 is 0 Å². The number of carbonyl (C=O) groups excluding carboxylic acids is 1. The zero-order valence-corrected chi connectivity index (χ0v) is 11.8. The fourth-order valence-electron chi connectivity index (χ4n) is 1.99. The van der Waals surface area contributed by atoms with E-state index in [1.54, 1.807) is 7.11 Å². The minimum atomic E-state index is -0.0466. The van der Waals surface area contributed by atoms with E-state index in [9.17, 15) is 4.79 Å². The molecular formula is C17H19NO2. The monoisotopic (exact) mass is 269 g/mol. The second-order valence-corrected chi connectivity index (χ2v) is 4.80. The Hall–Kier alpha value is -2.13. The maximum atomic E-state index is 12.0. The Labute approximate surface area is 119 Å². The molecule has 0 saturated carbocycles. The molecule has 0 spiro atoms. The number of benzene rings is 2. The van der Waals surface area contributed by atoms with Gasteiger partial charge in [0, 0.05) is 19.2 Å². The predicted molar refractivity (Wildman–Crippen MR) is 79.5 cm³/mol. The quantitative estimate of drug-likeness (QED) is 0.906. The van der Waals surface area contributed by atoms with Crippen molar-refractivity contribution in [3.8, 4) is 0 Å². The third-order valence-corrected chi connectivity index (χ3v) is 3.07. The van der Waals surface area contributed by atoms with Crippen LogP contribution >= 0.6 is 0 Å². The number of amides is 1. The zero-order chi connectivity index (χ0) is 14.4. The average molecular weight is 269 g/mol. The molecule has 1 amide bonds. The van der Waals surface area contributed by atoms with Gasteiger partial charge in [-0.15, -0.1) is 0 Å². The van der Waals surface area contributed by atoms with Gasteiger partial charge in [-0.05, 0) is 30.2 Å². The van der Waals surface area contributed by atoms with Gasteiger partial charge in [-0.2, -0.15) is 0 Å². The van der Waals surface area contributed by atoms with Gasteiger partial charge in [0.1, 0.15) is 0 Å². The van der Waals surface area contributed by atoms with Gasteiger partial charge in [0.15, 0.2) is 0 Å². The molecule has 0 saturated heterocycles. The maximum Gasteiger partial charge on any atom is 0.251 e. The Kier molecular flexibility index (Phi) is 4.91. The lowest BCUT2D eigenvalue weighted by Crippen LogP contribution is -2.22. The summed E-state index contributed by atoms with van der Waals surface area (Å²) in [7, 11) is 1.68. The molecule has 0 atom stereocenters. The van der Waals surface area contributed by atoms with Crippen LogP contribution in [0, 0.1) is 6.92 Å². The van der Waals surface area contributed by atoms with E-state index in [0.29, 0.717) is 18.7 Å². The van der Waals surface area contributed by atoms with Gasteiger partial charge in [-0.1, -0.05) is 42.0 Å². The van der Waals surface area contributed by atoms with Gasteiger partial charge in [0.05, 0.1) is 6.61 Å². The minimum Gasteiger partial charge on any atom is -0.380 e. The van der Waals surface area contributed by atoms with E-state index >= 15 is 0 Å². The number of carbonyl (C=O) groups is 1. The van der Waals surface area contributed by atoms with Crippen molar-refractivity contribution in [3.63, 3.8) is 0 Å². The molecule has 3 nitrogen and oxygen atoms in total. The molecule has 0 bridgehead atoms. The number of hydrogen-bond acceptors (Lipinski definition) is 2. The molecule has 0 aliphatic carbocycles. The van der Waals surface area contributed by atoms with Gasteiger partial charge in [0.2, 0.25) is 0 Å². The van der Waals surface area contributed by atoms with Crippen LogP contribution in [0.2, 0.25) is 0 Å². The number of hydrogen-bond donors (Lipinski definition) is 1. The maximum absolute atomic E-state index is 12.0. The van der Waals surface area contributed by atoms with Crippen molar-refractivity contribution in [2.75, 3.05) is 7.11 Å². The summed E-state index contributed by atoms with van der Waals surface area (Å²) in [6.07, 6.45) is 0. The first-order valence-corrected chi connectivity index (χ1v) is 6.60. The standard InChI is InChI=1S/C17H19NO2/c1-13-4-3-5-16(10-13)17(19)18-11-14-6-8-15(9-7-14)12-20-2/h3-10H,11-12H2,1-2H3,(H,18,19). The van der Waals surface area contributed by atoms with Gasteiger partial charge < -0.3 is 10.1 Å². The highest BCUT2D eigenvalue weighted by molar-refractivity contribution is 5.94. The van der Waals surface area contributed by atoms with Crippen LogP contribution < -0.4 is 5.32 Å². The summed E-state index contributed by atoms with van der Waals surface area (Å²) in [5, 5.41) is 2.92. The van der Waals surface area contributed by atoms with Crippen molar-refractivity contribution in [3.05, 3.63) is 70.8 Å². The first-order valence-electron chi connectivity index (χ1n) is 6.60. The minimum absolute atomic E-state index is 0.0466. The summed E-state index contributed by atoms with van der Waals surface area (Å²) < 4.78 is 5.07. The van der Waals surface area contributed by atoms with Crippen LogP contribution in [0.4, 0.5) is 0 Å². The van der Waals surface area contributed by atoms with Crippen molar-refractivity contribution < 1.29 is 9.53 Å². The fourth-order valence-corrected chi connectivity index (χ4v) is 1.99. The van der Waals surface area contributed by atoms with Crippen LogP contribution in [-0.4, -0.2) is 13.0 Å². The molecule has 0 aliphatic heterocycles. The van der Waals surface area contributed by atoms with E-state index in [-0.39, 0.29) is 5.91 Å². The Balaban J connectivity index is 1.93. The second-order valence-electron chi connectivity index (χ2n) is 4.80. The highest BCUT2D eigenvalue weighted by Gasteiger charge is 2.04. The number of nitrogens with one attached hydrogen (secondary N) is 1. The molecule has 20 heavy (non-hydrogen) atoms. The van der Waals surface area contributed by atoms with Gasteiger partial charge in [-0.25, -0.2) is 0 Å². The molecule has 0 unspecified atom stereocenters. The number of methoxy groups -OCH3 is 1. The summed E-state index contributed by atoms with van der Waals surface area (Å²) in [6.45, 7) is 3.11. The first kappa shape index (κ1) is 14.3. The van der Waals surface area contributed by atoms with E-state index in [4.69, 9.17) is 4.74 Å². The van der Waals surface area contributed by atoms with Crippen molar-refractivity contribution >= 4 is 5.91 Å². The van der Waals surface area contributed by atoms with Crippen LogP contribution in [0.25, 0.3) is 0 Å². The molecule has 0 radical (unpaired) electrons. The molecule has 104 valence electrons. The van der Waals surface area contributed by atoms with E-state index in [2.05, 4.69) is 5.32 Å². The summed E-state index contributed by atoms with van der Waals surface area (Å²) in [4.78, 5) is 12.0. The summed E-state index contributed by atoms with van der Waals surface area (Å²) in [5.41, 5.74) is 3.98. The van der Waals surface area contributed by atoms with Crippen LogP contribution in [0.3, 0.4) is 0 Å². The molecule has 0 heterocycles. The van der Waals surface area contributed by atoms with Gasteiger partial charge >= 0.3 is 0 Å². The molecule has 3 heteroatoms. The summed E-state index contributed by atoms with van der Waals surface area (Å²) >= 11 is 0. The van der Waals surface area contributed by atoms with E-state index in [1.165, 1.54) is 0 Å². The molecule has 0 fully saturated rings. The van der Waals surface area contributed by atoms with Crippen LogP contribution in [0.15, 0.2) is 48.5 Å². The molecule has 2 aromatic carbocycles. The van der Waals surface area contributed by atoms with Crippen molar-refractivity contribution in [2.24, 2.45) is 0 Å². The Morgan fingerprint density at radius 2 is 1.80 bits per heavy atom. The molecule has 0 aromatic heterocycles. The fraction of sp³-hybridized carbons (Fsp3) is 0.235. The second kappa shape index (κ2) is 6.87. The van der Waals surface area contributed by atoms with Crippen LogP contribution in [-0.2, 0) is 17.9 Å². The summed E-state index contributed by atoms with van der Waals surface area (Å²) in [6, 6.07) is 15.6. The van der Waals surface area contributed by atoms with Gasteiger partial charge in [-0.3, -0.25) is 4.79 Å². The third-order valence-electron chi connectivity index (χ3n) is 3.07. The Morgan fingerprint density at radius 3 is 2.45 bits per heavy atom. The smallest absolute Gasteiger partial charge is 0.251 e. The number of rotatable bonds is 5. The largest absolute Gasteiger partial charge is 0.380 e. The molecule has 2 aromatic rings. The molecule has 2 rings (SSSR count). The molecule has 1 N–H and O–H groups in total. The lowest BCUT2D eigenvalue weighted by Gasteiger charge is -2.07.